The van der Waals surface area contributed by atoms with Crippen molar-refractivity contribution in [3.8, 4) is 40.4 Å². The van der Waals surface area contributed by atoms with Gasteiger partial charge in [-0.15, -0.1) is 10.2 Å². The van der Waals surface area contributed by atoms with Crippen LogP contribution in [-0.4, -0.2) is 44.8 Å². The zero-order valence-electron chi connectivity index (χ0n) is 19.9. The predicted molar refractivity (Wildman–Crippen MR) is 131 cm³/mol. The molecule has 9 nitrogen and oxygen atoms in total. The van der Waals surface area contributed by atoms with E-state index in [4.69, 9.17) is 9.40 Å². The highest BCUT2D eigenvalue weighted by Gasteiger charge is 2.23. The zero-order chi connectivity index (χ0) is 24.4. The fourth-order valence-electron chi connectivity index (χ4n) is 3.99. The molecule has 0 bridgehead atoms. The van der Waals surface area contributed by atoms with Crippen molar-refractivity contribution >= 4 is 0 Å². The minimum atomic E-state index is -0.712. The van der Waals surface area contributed by atoms with Crippen molar-refractivity contribution in [2.24, 2.45) is 0 Å². The van der Waals surface area contributed by atoms with Crippen LogP contribution in [0.5, 0.6) is 0 Å². The summed E-state index contributed by atoms with van der Waals surface area (Å²) in [6, 6.07) is 14.4. The summed E-state index contributed by atoms with van der Waals surface area (Å²) >= 11 is 0. The number of rotatable bonds is 5. The van der Waals surface area contributed by atoms with Crippen molar-refractivity contribution in [2.45, 2.75) is 32.2 Å². The molecule has 1 saturated heterocycles. The molecule has 1 aromatic carbocycles. The first-order valence-corrected chi connectivity index (χ1v) is 11.5. The van der Waals surface area contributed by atoms with Crippen LogP contribution in [0.4, 0.5) is 0 Å². The van der Waals surface area contributed by atoms with Gasteiger partial charge in [-0.05, 0) is 50.6 Å². The van der Waals surface area contributed by atoms with Gasteiger partial charge in [0, 0.05) is 43.0 Å². The lowest BCUT2D eigenvalue weighted by Gasteiger charge is -2.25. The van der Waals surface area contributed by atoms with Gasteiger partial charge in [0.1, 0.15) is 5.69 Å². The maximum absolute atomic E-state index is 9.47. The summed E-state index contributed by atoms with van der Waals surface area (Å²) in [6.45, 7) is 8.31. The molecule has 4 heterocycles. The monoisotopic (exact) mass is 466 g/mol. The molecule has 1 unspecified atom stereocenters. The number of hydrogen-bond acceptors (Lipinski definition) is 9. The van der Waals surface area contributed by atoms with Gasteiger partial charge in [-0.2, -0.15) is 5.26 Å². The number of piperazine rings is 1. The molecular formula is C26H26N8O. The number of aromatic nitrogens is 5. The highest BCUT2D eigenvalue weighted by Crippen LogP contribution is 2.29. The number of aryl methyl sites for hydroxylation is 1. The first-order valence-electron chi connectivity index (χ1n) is 11.5. The Kier molecular flexibility index (Phi) is 6.07. The summed E-state index contributed by atoms with van der Waals surface area (Å²) in [5.74, 6) is 0.737. The van der Waals surface area contributed by atoms with E-state index in [1.807, 2.05) is 45.0 Å². The third-order valence-electron chi connectivity index (χ3n) is 6.14. The summed E-state index contributed by atoms with van der Waals surface area (Å²) in [4.78, 5) is 13.6. The molecule has 0 amide bonds. The van der Waals surface area contributed by atoms with E-state index in [1.165, 1.54) is 5.56 Å². The number of nitriles is 1. The van der Waals surface area contributed by atoms with Gasteiger partial charge in [0.25, 0.3) is 5.89 Å². The zero-order valence-corrected chi connectivity index (χ0v) is 19.9. The molecule has 0 aliphatic carbocycles. The van der Waals surface area contributed by atoms with Crippen molar-refractivity contribution < 1.29 is 4.42 Å². The van der Waals surface area contributed by atoms with Crippen LogP contribution in [-0.2, 0) is 5.41 Å². The molecule has 1 aliphatic rings. The fraction of sp³-hybridized carbons (Fsp3) is 0.308. The van der Waals surface area contributed by atoms with Gasteiger partial charge in [0.05, 0.1) is 34.8 Å². The molecule has 0 spiro atoms. The molecule has 1 aliphatic heterocycles. The molecule has 1 atom stereocenters. The Hall–Kier alpha value is -4.00. The summed E-state index contributed by atoms with van der Waals surface area (Å²) in [6.07, 6.45) is 3.38. The van der Waals surface area contributed by atoms with Gasteiger partial charge >= 0.3 is 0 Å². The third kappa shape index (κ3) is 4.67. The van der Waals surface area contributed by atoms with Gasteiger partial charge in [-0.1, -0.05) is 12.1 Å². The van der Waals surface area contributed by atoms with Crippen molar-refractivity contribution in [3.05, 3.63) is 65.7 Å². The molecule has 3 aromatic heterocycles. The van der Waals surface area contributed by atoms with Crippen LogP contribution in [0.15, 0.2) is 53.2 Å². The Morgan fingerprint density at radius 3 is 2.71 bits per heavy atom. The number of nitrogens with zero attached hydrogens (tertiary/aromatic N) is 6. The van der Waals surface area contributed by atoms with Gasteiger partial charge in [0.2, 0.25) is 5.89 Å². The van der Waals surface area contributed by atoms with E-state index in [-0.39, 0.29) is 6.04 Å². The number of hydrogen-bond donors (Lipinski definition) is 2. The second-order valence-electron chi connectivity index (χ2n) is 9.10. The van der Waals surface area contributed by atoms with Gasteiger partial charge in [0.15, 0.2) is 0 Å². The quantitative estimate of drug-likeness (QED) is 0.454. The lowest BCUT2D eigenvalue weighted by molar-refractivity contribution is 0.430. The minimum absolute atomic E-state index is 0.243. The summed E-state index contributed by atoms with van der Waals surface area (Å²) < 4.78 is 6.05. The molecule has 0 radical (unpaired) electrons. The molecule has 4 aromatic rings. The smallest absolute Gasteiger partial charge is 0.268 e. The number of nitrogens with one attached hydrogen (secondary N) is 2. The van der Waals surface area contributed by atoms with Crippen LogP contribution in [0, 0.1) is 18.3 Å². The Morgan fingerprint density at radius 1 is 1.06 bits per heavy atom. The lowest BCUT2D eigenvalue weighted by Crippen LogP contribution is -2.42. The van der Waals surface area contributed by atoms with E-state index in [2.05, 4.69) is 49.0 Å². The van der Waals surface area contributed by atoms with Gasteiger partial charge in [-0.3, -0.25) is 9.97 Å². The Labute approximate surface area is 203 Å². The normalized spacial score (nSPS) is 16.1. The molecule has 35 heavy (non-hydrogen) atoms. The molecule has 9 heteroatoms. The van der Waals surface area contributed by atoms with Crippen LogP contribution in [0.25, 0.3) is 34.3 Å². The summed E-state index contributed by atoms with van der Waals surface area (Å²) in [5, 5.41) is 25.0. The third-order valence-corrected chi connectivity index (χ3v) is 6.14. The van der Waals surface area contributed by atoms with Crippen molar-refractivity contribution in [1.82, 2.24) is 35.8 Å². The van der Waals surface area contributed by atoms with Crippen molar-refractivity contribution in [2.75, 3.05) is 19.6 Å². The van der Waals surface area contributed by atoms with E-state index in [1.54, 1.807) is 12.4 Å². The Balaban J connectivity index is 1.46. The molecule has 176 valence electrons. The SMILES string of the molecule is Cc1ncc(-c2ccnc(C(C)(C)C#N)c2)nc1-c1nnc(-c2cccc(C3CNCCN3)c2)o1. The maximum atomic E-state index is 9.47. The largest absolute Gasteiger partial charge is 0.415 e. The van der Waals surface area contributed by atoms with Crippen LogP contribution < -0.4 is 10.6 Å². The highest BCUT2D eigenvalue weighted by molar-refractivity contribution is 5.64. The first-order chi connectivity index (χ1) is 16.9. The topological polar surface area (TPSA) is 125 Å². The minimum Gasteiger partial charge on any atom is -0.415 e. The number of pyridine rings is 1. The average Bonchev–Trinajstić information content (AvgIpc) is 3.40. The van der Waals surface area contributed by atoms with Crippen LogP contribution in [0.3, 0.4) is 0 Å². The van der Waals surface area contributed by atoms with Crippen molar-refractivity contribution in [3.63, 3.8) is 0 Å². The second-order valence-corrected chi connectivity index (χ2v) is 9.10. The molecule has 0 saturated carbocycles. The molecule has 2 N–H and O–H groups in total. The van der Waals surface area contributed by atoms with Crippen molar-refractivity contribution in [1.29, 1.82) is 5.26 Å². The summed E-state index contributed by atoms with van der Waals surface area (Å²) in [7, 11) is 0. The Morgan fingerprint density at radius 2 is 1.91 bits per heavy atom. The standard InChI is InChI=1S/C26H26N8O/c1-16-23(32-21(14-31-16)18-7-8-30-22(12-18)26(2,3)15-27)25-34-33-24(35-25)19-6-4-5-17(11-19)20-13-28-9-10-29-20/h4-8,11-12,14,20,28-29H,9-10,13H2,1-3H3. The second kappa shape index (κ2) is 9.33. The highest BCUT2D eigenvalue weighted by atomic mass is 16.4. The first kappa shape index (κ1) is 22.8. The summed E-state index contributed by atoms with van der Waals surface area (Å²) in [5.41, 5.74) is 4.64. The molecule has 1 fully saturated rings. The van der Waals surface area contributed by atoms with Crippen LogP contribution >= 0.6 is 0 Å². The predicted octanol–water partition coefficient (Wildman–Crippen LogP) is 3.60. The van der Waals surface area contributed by atoms with E-state index in [9.17, 15) is 5.26 Å². The van der Waals surface area contributed by atoms with E-state index in [0.717, 1.165) is 30.8 Å². The lowest BCUT2D eigenvalue weighted by atomic mass is 9.90. The van der Waals surface area contributed by atoms with E-state index in [0.29, 0.717) is 34.6 Å². The molecular weight excluding hydrogens is 440 g/mol. The average molecular weight is 467 g/mol. The van der Waals surface area contributed by atoms with Gasteiger partial charge < -0.3 is 15.1 Å². The van der Waals surface area contributed by atoms with Crippen LogP contribution in [0.1, 0.15) is 36.8 Å². The molecule has 5 rings (SSSR count). The number of benzene rings is 1. The fourth-order valence-corrected chi connectivity index (χ4v) is 3.99. The maximum Gasteiger partial charge on any atom is 0.268 e. The van der Waals surface area contributed by atoms with E-state index >= 15 is 0 Å². The van der Waals surface area contributed by atoms with Gasteiger partial charge in [-0.25, -0.2) is 4.98 Å². The van der Waals surface area contributed by atoms with Crippen LogP contribution in [0.2, 0.25) is 0 Å². The van der Waals surface area contributed by atoms with E-state index < -0.39 is 5.41 Å². The Bertz CT molecular complexity index is 1400.